The minimum atomic E-state index is -3.44. The molecule has 4 nitrogen and oxygen atoms in total. The summed E-state index contributed by atoms with van der Waals surface area (Å²) < 4.78 is 27.9. The van der Waals surface area contributed by atoms with E-state index in [9.17, 15) is 8.42 Å². The minimum absolute atomic E-state index is 0.0376. The summed E-state index contributed by atoms with van der Waals surface area (Å²) in [6, 6.07) is 11.2. The van der Waals surface area contributed by atoms with Gasteiger partial charge in [-0.25, -0.2) is 8.42 Å². The number of fused-ring (bicyclic) bond motifs is 1. The highest BCUT2D eigenvalue weighted by molar-refractivity contribution is 9.10. The van der Waals surface area contributed by atoms with E-state index in [1.54, 1.807) is 19.2 Å². The molecule has 1 N–H and O–H groups in total. The van der Waals surface area contributed by atoms with Crippen LogP contribution in [-0.2, 0) is 10.0 Å². The Morgan fingerprint density at radius 2 is 1.90 bits per heavy atom. The Balaban J connectivity index is 2.00. The van der Waals surface area contributed by atoms with Crippen molar-refractivity contribution < 1.29 is 8.42 Å². The highest BCUT2D eigenvalue weighted by Crippen LogP contribution is 2.25. The molecular formula is C15H17BrN2O2S. The molecule has 0 aliphatic carbocycles. The Hall–Kier alpha value is -0.950. The molecule has 1 fully saturated rings. The summed E-state index contributed by atoms with van der Waals surface area (Å²) in [4.78, 5) is 0.353. The zero-order valence-electron chi connectivity index (χ0n) is 11.7. The molecule has 0 bridgehead atoms. The number of benzene rings is 2. The van der Waals surface area contributed by atoms with Crippen molar-refractivity contribution in [3.05, 3.63) is 40.9 Å². The first-order valence-electron chi connectivity index (χ1n) is 6.86. The third-order valence-corrected chi connectivity index (χ3v) is 6.40. The average Bonchev–Trinajstić information content (AvgIpc) is 2.99. The van der Waals surface area contributed by atoms with E-state index in [0.717, 1.165) is 34.8 Å². The predicted molar refractivity (Wildman–Crippen MR) is 87.9 cm³/mol. The number of sulfonamides is 1. The minimum Gasteiger partial charge on any atom is -0.315 e. The van der Waals surface area contributed by atoms with Gasteiger partial charge in [0.1, 0.15) is 0 Å². The van der Waals surface area contributed by atoms with Crippen molar-refractivity contribution in [2.24, 2.45) is 0 Å². The molecule has 1 saturated heterocycles. The molecule has 0 radical (unpaired) electrons. The Kier molecular flexibility index (Phi) is 4.05. The number of hydrogen-bond acceptors (Lipinski definition) is 3. The number of rotatable bonds is 3. The maximum Gasteiger partial charge on any atom is 0.243 e. The molecule has 3 rings (SSSR count). The van der Waals surface area contributed by atoms with E-state index in [4.69, 9.17) is 0 Å². The molecular weight excluding hydrogens is 352 g/mol. The van der Waals surface area contributed by atoms with Crippen LogP contribution in [0.15, 0.2) is 45.8 Å². The van der Waals surface area contributed by atoms with Crippen molar-refractivity contribution in [2.45, 2.75) is 17.4 Å². The Labute approximate surface area is 133 Å². The Bertz CT molecular complexity index is 770. The molecule has 2 aromatic carbocycles. The van der Waals surface area contributed by atoms with Crippen LogP contribution in [-0.4, -0.2) is 38.9 Å². The first kappa shape index (κ1) is 15.0. The van der Waals surface area contributed by atoms with Crippen LogP contribution < -0.4 is 5.32 Å². The summed E-state index contributed by atoms with van der Waals surface area (Å²) >= 11 is 3.42. The highest BCUT2D eigenvalue weighted by Gasteiger charge is 2.29. The van der Waals surface area contributed by atoms with Gasteiger partial charge in [0.2, 0.25) is 10.0 Å². The lowest BCUT2D eigenvalue weighted by molar-refractivity contribution is 0.388. The molecule has 6 heteroatoms. The zero-order chi connectivity index (χ0) is 15.0. The summed E-state index contributed by atoms with van der Waals surface area (Å²) in [5.74, 6) is 0. The first-order valence-corrected chi connectivity index (χ1v) is 9.10. The lowest BCUT2D eigenvalue weighted by Gasteiger charge is -2.23. The van der Waals surface area contributed by atoms with E-state index >= 15 is 0 Å². The van der Waals surface area contributed by atoms with Crippen LogP contribution in [0.4, 0.5) is 0 Å². The fourth-order valence-corrected chi connectivity index (χ4v) is 4.47. The number of hydrogen-bond donors (Lipinski definition) is 1. The van der Waals surface area contributed by atoms with Crippen molar-refractivity contribution in [1.29, 1.82) is 0 Å². The molecule has 1 atom stereocenters. The van der Waals surface area contributed by atoms with E-state index in [1.165, 1.54) is 4.31 Å². The van der Waals surface area contributed by atoms with Crippen LogP contribution in [0.25, 0.3) is 10.8 Å². The summed E-state index contributed by atoms with van der Waals surface area (Å²) in [6.07, 6.45) is 0.857. The number of nitrogens with one attached hydrogen (secondary N) is 1. The van der Waals surface area contributed by atoms with Crippen LogP contribution in [0.5, 0.6) is 0 Å². The summed E-state index contributed by atoms with van der Waals surface area (Å²) in [6.45, 7) is 1.59. The lowest BCUT2D eigenvalue weighted by atomic mass is 10.1. The second-order valence-corrected chi connectivity index (χ2v) is 8.23. The SMILES string of the molecule is CN(C1CCNC1)S(=O)(=O)c1ccc2cc(Br)ccc2c1. The van der Waals surface area contributed by atoms with Crippen molar-refractivity contribution in [3.8, 4) is 0 Å². The fraction of sp³-hybridized carbons (Fsp3) is 0.333. The predicted octanol–water partition coefficient (Wildman–Crippen LogP) is 2.58. The van der Waals surface area contributed by atoms with Crippen molar-refractivity contribution in [2.75, 3.05) is 20.1 Å². The average molecular weight is 369 g/mol. The second kappa shape index (κ2) is 5.68. The van der Waals surface area contributed by atoms with Gasteiger partial charge in [0.25, 0.3) is 0 Å². The van der Waals surface area contributed by atoms with Gasteiger partial charge >= 0.3 is 0 Å². The van der Waals surface area contributed by atoms with Gasteiger partial charge in [-0.15, -0.1) is 0 Å². The smallest absolute Gasteiger partial charge is 0.243 e. The van der Waals surface area contributed by atoms with Gasteiger partial charge in [0.15, 0.2) is 0 Å². The largest absolute Gasteiger partial charge is 0.315 e. The molecule has 0 saturated carbocycles. The Morgan fingerprint density at radius 3 is 2.62 bits per heavy atom. The van der Waals surface area contributed by atoms with Gasteiger partial charge < -0.3 is 5.32 Å². The Morgan fingerprint density at radius 1 is 1.19 bits per heavy atom. The first-order chi connectivity index (χ1) is 9.98. The van der Waals surface area contributed by atoms with E-state index in [-0.39, 0.29) is 6.04 Å². The quantitative estimate of drug-likeness (QED) is 0.905. The molecule has 0 aromatic heterocycles. The van der Waals surface area contributed by atoms with Crippen LogP contribution in [0, 0.1) is 0 Å². The summed E-state index contributed by atoms with van der Waals surface area (Å²) in [5.41, 5.74) is 0. The van der Waals surface area contributed by atoms with Crippen molar-refractivity contribution >= 4 is 36.7 Å². The monoisotopic (exact) mass is 368 g/mol. The molecule has 0 spiro atoms. The highest BCUT2D eigenvalue weighted by atomic mass is 79.9. The van der Waals surface area contributed by atoms with E-state index < -0.39 is 10.0 Å². The molecule has 1 heterocycles. The molecule has 1 aliphatic heterocycles. The molecule has 0 amide bonds. The second-order valence-electron chi connectivity index (χ2n) is 5.32. The molecule has 1 aliphatic rings. The zero-order valence-corrected chi connectivity index (χ0v) is 14.1. The topological polar surface area (TPSA) is 49.4 Å². The van der Waals surface area contributed by atoms with Crippen molar-refractivity contribution in [3.63, 3.8) is 0 Å². The lowest BCUT2D eigenvalue weighted by Crippen LogP contribution is -2.38. The van der Waals surface area contributed by atoms with Gasteiger partial charge in [-0.2, -0.15) is 4.31 Å². The number of likely N-dealkylation sites (N-methyl/N-ethyl adjacent to an activating group) is 1. The van der Waals surface area contributed by atoms with Crippen molar-refractivity contribution in [1.82, 2.24) is 9.62 Å². The normalized spacial score (nSPS) is 19.5. The number of nitrogens with zero attached hydrogens (tertiary/aromatic N) is 1. The van der Waals surface area contributed by atoms with Gasteiger partial charge in [0, 0.05) is 24.1 Å². The standard InChI is InChI=1S/C15H17BrN2O2S/c1-18(14-6-7-17-10-14)21(19,20)15-5-3-11-8-13(16)4-2-12(11)9-15/h2-5,8-9,14,17H,6-7,10H2,1H3. The molecule has 112 valence electrons. The molecule has 1 unspecified atom stereocenters. The van der Waals surface area contributed by atoms with Crippen LogP contribution in [0.3, 0.4) is 0 Å². The van der Waals surface area contributed by atoms with Crippen LogP contribution in [0.1, 0.15) is 6.42 Å². The van der Waals surface area contributed by atoms with E-state index in [0.29, 0.717) is 4.90 Å². The molecule has 2 aromatic rings. The maximum absolute atomic E-state index is 12.7. The van der Waals surface area contributed by atoms with Gasteiger partial charge in [-0.05, 0) is 48.0 Å². The maximum atomic E-state index is 12.7. The third-order valence-electron chi connectivity index (χ3n) is 4.00. The number of halogens is 1. The van der Waals surface area contributed by atoms with Crippen LogP contribution in [0.2, 0.25) is 0 Å². The van der Waals surface area contributed by atoms with E-state index in [1.807, 2.05) is 24.3 Å². The summed E-state index contributed by atoms with van der Waals surface area (Å²) in [5, 5.41) is 5.15. The van der Waals surface area contributed by atoms with E-state index in [2.05, 4.69) is 21.2 Å². The summed E-state index contributed by atoms with van der Waals surface area (Å²) in [7, 11) is -1.78. The third kappa shape index (κ3) is 2.85. The van der Waals surface area contributed by atoms with Gasteiger partial charge in [0.05, 0.1) is 4.90 Å². The molecule has 21 heavy (non-hydrogen) atoms. The van der Waals surface area contributed by atoms with Gasteiger partial charge in [-0.1, -0.05) is 28.1 Å². The van der Waals surface area contributed by atoms with Gasteiger partial charge in [-0.3, -0.25) is 0 Å². The fourth-order valence-electron chi connectivity index (χ4n) is 2.67. The van der Waals surface area contributed by atoms with Crippen LogP contribution >= 0.6 is 15.9 Å².